The number of para-hydroxylation sites is 1. The maximum absolute atomic E-state index is 12.8. The molecule has 3 amide bonds. The average Bonchev–Trinajstić information content (AvgIpc) is 3.60. The molecular weight excluding hydrogens is 428 g/mol. The smallest absolute Gasteiger partial charge is 0.337 e. The van der Waals surface area contributed by atoms with Crippen LogP contribution in [0.1, 0.15) is 43.5 Å². The zero-order valence-corrected chi connectivity index (χ0v) is 18.9. The van der Waals surface area contributed by atoms with E-state index in [2.05, 4.69) is 20.9 Å². The summed E-state index contributed by atoms with van der Waals surface area (Å²) >= 11 is 1.36. The molecule has 8 nitrogen and oxygen atoms in total. The minimum atomic E-state index is -0.446. The van der Waals surface area contributed by atoms with Gasteiger partial charge in [0, 0.05) is 22.9 Å². The van der Waals surface area contributed by atoms with Crippen LogP contribution in [0, 0.1) is 0 Å². The molecule has 0 saturated heterocycles. The van der Waals surface area contributed by atoms with Crippen molar-refractivity contribution in [2.24, 2.45) is 0 Å². The van der Waals surface area contributed by atoms with Crippen LogP contribution in [0.15, 0.2) is 46.6 Å². The normalized spacial score (nSPS) is 18.2. The van der Waals surface area contributed by atoms with Gasteiger partial charge in [0.2, 0.25) is 0 Å². The second kappa shape index (κ2) is 9.60. The lowest BCUT2D eigenvalue weighted by molar-refractivity contribution is -0.139. The molecule has 32 heavy (non-hydrogen) atoms. The third kappa shape index (κ3) is 4.88. The number of thioether (sulfide) groups is 1. The van der Waals surface area contributed by atoms with Crippen LogP contribution in [0.4, 0.5) is 4.79 Å². The summed E-state index contributed by atoms with van der Waals surface area (Å²) in [5, 5.41) is 9.99. The van der Waals surface area contributed by atoms with E-state index in [-0.39, 0.29) is 24.6 Å². The molecule has 1 saturated carbocycles. The number of ether oxygens (including phenoxy) is 1. The summed E-state index contributed by atoms with van der Waals surface area (Å²) < 4.78 is 5.22. The number of benzene rings is 1. The molecule has 1 aliphatic carbocycles. The Morgan fingerprint density at radius 1 is 1.25 bits per heavy atom. The Labute approximate surface area is 190 Å². The van der Waals surface area contributed by atoms with Crippen LogP contribution in [0.3, 0.4) is 0 Å². The molecule has 4 rings (SSSR count). The van der Waals surface area contributed by atoms with Crippen molar-refractivity contribution in [3.05, 3.63) is 47.2 Å². The summed E-state index contributed by atoms with van der Waals surface area (Å²) in [6.07, 6.45) is 2.58. The van der Waals surface area contributed by atoms with Crippen LogP contribution < -0.4 is 16.0 Å². The maximum atomic E-state index is 12.8. The lowest BCUT2D eigenvalue weighted by atomic mass is 10.0. The highest BCUT2D eigenvalue weighted by molar-refractivity contribution is 7.99. The second-order valence-electron chi connectivity index (χ2n) is 7.73. The van der Waals surface area contributed by atoms with Crippen molar-refractivity contribution < 1.29 is 19.1 Å². The van der Waals surface area contributed by atoms with Crippen molar-refractivity contribution in [2.75, 3.05) is 12.4 Å². The number of esters is 1. The van der Waals surface area contributed by atoms with Gasteiger partial charge < -0.3 is 20.7 Å². The topological polar surface area (TPSA) is 109 Å². The molecule has 3 N–H and O–H groups in total. The summed E-state index contributed by atoms with van der Waals surface area (Å²) in [4.78, 5) is 42.2. The Morgan fingerprint density at radius 3 is 2.75 bits per heavy atom. The first-order chi connectivity index (χ1) is 15.5. The summed E-state index contributed by atoms with van der Waals surface area (Å²) in [6, 6.07) is 8.78. The van der Waals surface area contributed by atoms with Crippen LogP contribution in [0.5, 0.6) is 0 Å². The van der Waals surface area contributed by atoms with Crippen LogP contribution in [-0.2, 0) is 9.53 Å². The van der Waals surface area contributed by atoms with Crippen LogP contribution in [0.2, 0.25) is 0 Å². The zero-order valence-electron chi connectivity index (χ0n) is 18.1. The molecule has 2 aliphatic rings. The quantitative estimate of drug-likeness (QED) is 0.418. The first kappa shape index (κ1) is 22.1. The lowest BCUT2D eigenvalue weighted by Crippen LogP contribution is -2.50. The number of nitrogens with zero attached hydrogens (tertiary/aromatic N) is 1. The first-order valence-electron chi connectivity index (χ1n) is 10.8. The van der Waals surface area contributed by atoms with Gasteiger partial charge in [-0.1, -0.05) is 25.1 Å². The van der Waals surface area contributed by atoms with Gasteiger partial charge in [-0.15, -0.1) is 11.8 Å². The third-order valence-electron chi connectivity index (χ3n) is 5.36. The van der Waals surface area contributed by atoms with Gasteiger partial charge in [-0.3, -0.25) is 4.79 Å². The Hall–Kier alpha value is -3.07. The van der Waals surface area contributed by atoms with E-state index in [4.69, 9.17) is 4.74 Å². The van der Waals surface area contributed by atoms with E-state index in [9.17, 15) is 14.4 Å². The number of fused-ring (bicyclic) bond motifs is 1. The molecule has 1 fully saturated rings. The van der Waals surface area contributed by atoms with Gasteiger partial charge in [-0.05, 0) is 38.3 Å². The molecule has 1 aliphatic heterocycles. The molecule has 0 spiro atoms. The summed E-state index contributed by atoms with van der Waals surface area (Å²) in [6.45, 7) is 3.89. The predicted molar refractivity (Wildman–Crippen MR) is 122 cm³/mol. The van der Waals surface area contributed by atoms with Gasteiger partial charge in [0.25, 0.3) is 5.91 Å². The van der Waals surface area contributed by atoms with Crippen molar-refractivity contribution >= 4 is 40.6 Å². The van der Waals surface area contributed by atoms with E-state index in [0.717, 1.165) is 23.7 Å². The third-order valence-corrected chi connectivity index (χ3v) is 6.30. The van der Waals surface area contributed by atoms with E-state index >= 15 is 0 Å². The van der Waals surface area contributed by atoms with E-state index < -0.39 is 12.0 Å². The van der Waals surface area contributed by atoms with Crippen LogP contribution >= 0.6 is 11.8 Å². The van der Waals surface area contributed by atoms with Gasteiger partial charge in [-0.2, -0.15) is 0 Å². The van der Waals surface area contributed by atoms with Gasteiger partial charge in [0.1, 0.15) is 0 Å². The molecule has 0 unspecified atom stereocenters. The number of hydrogen-bond donors (Lipinski definition) is 3. The van der Waals surface area contributed by atoms with Crippen molar-refractivity contribution in [3.8, 4) is 0 Å². The fraction of sp³-hybridized carbons (Fsp3) is 0.391. The number of carbonyl (C=O) groups is 3. The predicted octanol–water partition coefficient (Wildman–Crippen LogP) is 3.13. The molecule has 168 valence electrons. The lowest BCUT2D eigenvalue weighted by Gasteiger charge is -2.28. The van der Waals surface area contributed by atoms with Gasteiger partial charge >= 0.3 is 12.0 Å². The van der Waals surface area contributed by atoms with Crippen molar-refractivity contribution in [2.45, 2.75) is 50.2 Å². The monoisotopic (exact) mass is 454 g/mol. The van der Waals surface area contributed by atoms with E-state index in [1.54, 1.807) is 13.0 Å². The summed E-state index contributed by atoms with van der Waals surface area (Å²) in [5.41, 5.74) is 2.22. The second-order valence-corrected chi connectivity index (χ2v) is 8.73. The molecule has 1 aromatic carbocycles. The molecule has 0 bridgehead atoms. The number of pyridine rings is 1. The minimum Gasteiger partial charge on any atom is -0.463 e. The molecule has 2 aromatic rings. The van der Waals surface area contributed by atoms with Crippen molar-refractivity contribution in [1.82, 2.24) is 20.9 Å². The number of hydrogen-bond acceptors (Lipinski definition) is 6. The van der Waals surface area contributed by atoms with Crippen molar-refractivity contribution in [3.63, 3.8) is 0 Å². The Kier molecular flexibility index (Phi) is 6.64. The van der Waals surface area contributed by atoms with Gasteiger partial charge in [0.05, 0.1) is 34.3 Å². The highest BCUT2D eigenvalue weighted by Crippen LogP contribution is 2.28. The number of rotatable bonds is 8. The Morgan fingerprint density at radius 2 is 2.03 bits per heavy atom. The number of urea groups is 1. The molecule has 2 heterocycles. The average molecular weight is 455 g/mol. The number of carbonyl (C=O) groups excluding carboxylic acids is 3. The number of amides is 3. The van der Waals surface area contributed by atoms with Gasteiger partial charge in [0.15, 0.2) is 0 Å². The fourth-order valence-corrected chi connectivity index (χ4v) is 4.51. The first-order valence-corrected chi connectivity index (χ1v) is 11.8. The summed E-state index contributed by atoms with van der Waals surface area (Å²) in [7, 11) is 0. The van der Waals surface area contributed by atoms with E-state index in [1.165, 1.54) is 11.8 Å². The van der Waals surface area contributed by atoms with E-state index in [0.29, 0.717) is 34.0 Å². The zero-order chi connectivity index (χ0) is 22.7. The minimum absolute atomic E-state index is 0.111. The molecule has 0 radical (unpaired) electrons. The van der Waals surface area contributed by atoms with Crippen molar-refractivity contribution in [1.29, 1.82) is 0 Å². The maximum Gasteiger partial charge on any atom is 0.337 e. The van der Waals surface area contributed by atoms with E-state index in [1.807, 2.05) is 31.2 Å². The number of aromatic nitrogens is 1. The van der Waals surface area contributed by atoms with Gasteiger partial charge in [-0.25, -0.2) is 14.6 Å². The largest absolute Gasteiger partial charge is 0.463 e. The molecular formula is C23H26N4O4S. The molecule has 9 heteroatoms. The highest BCUT2D eigenvalue weighted by Gasteiger charge is 2.31. The standard InChI is InChI=1S/C23H26N4O4S/c1-3-16-20(22(29)31-4-2)18(27-23(30)26-16)12-32-19-11-15(21(28)24-13-9-10-13)14-7-5-6-8-17(14)25-19/h5-8,11,13,16H,3-4,9-10,12H2,1-2H3,(H,24,28)(H2,26,27,30)/t16-/m0/s1. The Bertz CT molecular complexity index is 1100. The van der Waals surface area contributed by atoms with Crippen LogP contribution in [-0.4, -0.2) is 47.3 Å². The highest BCUT2D eigenvalue weighted by atomic mass is 32.2. The fourth-order valence-electron chi connectivity index (χ4n) is 3.63. The number of nitrogens with one attached hydrogen (secondary N) is 3. The van der Waals surface area contributed by atoms with Crippen LogP contribution in [0.25, 0.3) is 10.9 Å². The Balaban J connectivity index is 1.64. The molecule has 1 aromatic heterocycles. The molecule has 1 atom stereocenters. The SMILES string of the molecule is CCOC(=O)C1=C(CSc2cc(C(=O)NC3CC3)c3ccccc3n2)NC(=O)N[C@H]1CC. The summed E-state index contributed by atoms with van der Waals surface area (Å²) in [5.74, 6) is -0.244.